The molecule has 0 saturated carbocycles. The third kappa shape index (κ3) is 5.01. The fourth-order valence-electron chi connectivity index (χ4n) is 4.60. The van der Waals surface area contributed by atoms with Crippen molar-refractivity contribution in [1.82, 2.24) is 14.3 Å². The lowest BCUT2D eigenvalue weighted by Crippen LogP contribution is -2.47. The van der Waals surface area contributed by atoms with Crippen LogP contribution in [0.15, 0.2) is 23.1 Å². The van der Waals surface area contributed by atoms with E-state index in [9.17, 15) is 13.2 Å². The Balaban J connectivity index is 1.34. The summed E-state index contributed by atoms with van der Waals surface area (Å²) in [4.78, 5) is 22.5. The number of sulfone groups is 1. The second-order valence-electron chi connectivity index (χ2n) is 9.21. The van der Waals surface area contributed by atoms with Gasteiger partial charge in [-0.1, -0.05) is 20.8 Å². The van der Waals surface area contributed by atoms with E-state index in [1.54, 1.807) is 26.0 Å². The maximum Gasteiger partial charge on any atom is 0.245 e. The Kier molecular flexibility index (Phi) is 6.95. The van der Waals surface area contributed by atoms with Gasteiger partial charge in [0.1, 0.15) is 11.9 Å². The van der Waals surface area contributed by atoms with Gasteiger partial charge >= 0.3 is 0 Å². The number of nitrogens with one attached hydrogen (secondary N) is 1. The van der Waals surface area contributed by atoms with Gasteiger partial charge in [0.25, 0.3) is 0 Å². The number of hydrogen-bond acceptors (Lipinski definition) is 8. The molecule has 33 heavy (non-hydrogen) atoms. The first kappa shape index (κ1) is 23.9. The van der Waals surface area contributed by atoms with Gasteiger partial charge < -0.3 is 15.1 Å². The highest BCUT2D eigenvalue weighted by molar-refractivity contribution is 7.91. The molecular weight excluding hydrogens is 458 g/mol. The van der Waals surface area contributed by atoms with Gasteiger partial charge in [-0.25, -0.2) is 13.4 Å². The molecule has 2 aromatic rings. The van der Waals surface area contributed by atoms with Crippen molar-refractivity contribution >= 4 is 38.1 Å². The van der Waals surface area contributed by atoms with Crippen LogP contribution in [-0.4, -0.2) is 66.1 Å². The molecule has 1 aromatic carbocycles. The first-order valence-corrected chi connectivity index (χ1v) is 14.1. The SMILES string of the molecule is CCS(=O)(=O)c1ccc(NC2CCN(C3CCN(c4nc(C(C)C)ns4)CC3)C2=O)cc1C. The van der Waals surface area contributed by atoms with Crippen molar-refractivity contribution in [3.8, 4) is 0 Å². The lowest BCUT2D eigenvalue weighted by molar-refractivity contribution is -0.130. The van der Waals surface area contributed by atoms with Crippen LogP contribution in [0.4, 0.5) is 10.8 Å². The van der Waals surface area contributed by atoms with E-state index in [-0.39, 0.29) is 23.7 Å². The van der Waals surface area contributed by atoms with Crippen LogP contribution in [0.5, 0.6) is 0 Å². The molecule has 2 aliphatic heterocycles. The van der Waals surface area contributed by atoms with Crippen molar-refractivity contribution in [3.63, 3.8) is 0 Å². The van der Waals surface area contributed by atoms with Crippen molar-refractivity contribution < 1.29 is 13.2 Å². The number of aromatic nitrogens is 2. The maximum absolute atomic E-state index is 13.1. The summed E-state index contributed by atoms with van der Waals surface area (Å²) >= 11 is 1.46. The summed E-state index contributed by atoms with van der Waals surface area (Å²) in [6, 6.07) is 5.20. The molecule has 1 atom stereocenters. The Morgan fingerprint density at radius 3 is 2.52 bits per heavy atom. The predicted octanol–water partition coefficient (Wildman–Crippen LogP) is 3.45. The normalized spacial score (nSPS) is 20.2. The molecule has 1 unspecified atom stereocenters. The second-order valence-corrected chi connectivity index (χ2v) is 12.2. The average molecular weight is 492 g/mol. The zero-order chi connectivity index (χ0) is 23.8. The molecule has 1 N–H and O–H groups in total. The van der Waals surface area contributed by atoms with Crippen LogP contribution in [0.25, 0.3) is 0 Å². The van der Waals surface area contributed by atoms with Crippen LogP contribution in [0, 0.1) is 6.92 Å². The third-order valence-corrected chi connectivity index (χ3v) is 9.27. The number of likely N-dealkylation sites (tertiary alicyclic amines) is 1. The molecule has 1 amide bonds. The molecule has 3 heterocycles. The molecule has 1 aromatic heterocycles. The van der Waals surface area contributed by atoms with Crippen LogP contribution in [0.1, 0.15) is 57.3 Å². The molecule has 10 heteroatoms. The standard InChI is InChI=1S/C23H33N5O3S2/c1-5-33(30,31)20-7-6-17(14-16(20)4)24-19-10-13-28(22(19)29)18-8-11-27(12-9-18)23-25-21(15(2)3)26-32-23/h6-7,14-15,18-19,24H,5,8-13H2,1-4H3. The van der Waals surface area contributed by atoms with Crippen LogP contribution in [-0.2, 0) is 14.6 Å². The van der Waals surface area contributed by atoms with E-state index >= 15 is 0 Å². The number of carbonyl (C=O) groups excluding carboxylic acids is 1. The van der Waals surface area contributed by atoms with Gasteiger partial charge in [-0.3, -0.25) is 4.79 Å². The summed E-state index contributed by atoms with van der Waals surface area (Å²) in [5, 5.41) is 4.31. The van der Waals surface area contributed by atoms with Gasteiger partial charge in [-0.2, -0.15) is 4.37 Å². The zero-order valence-corrected chi connectivity index (χ0v) is 21.4. The molecule has 8 nitrogen and oxygen atoms in total. The monoisotopic (exact) mass is 491 g/mol. The van der Waals surface area contributed by atoms with E-state index in [0.29, 0.717) is 16.4 Å². The third-order valence-electron chi connectivity index (χ3n) is 6.59. The minimum absolute atomic E-state index is 0.0768. The Labute approximate surface area is 200 Å². The number of amides is 1. The number of rotatable bonds is 7. The van der Waals surface area contributed by atoms with Crippen LogP contribution in [0.3, 0.4) is 0 Å². The number of nitrogens with zero attached hydrogens (tertiary/aromatic N) is 4. The average Bonchev–Trinajstić information content (AvgIpc) is 3.42. The minimum Gasteiger partial charge on any atom is -0.374 e. The molecule has 4 rings (SSSR count). The van der Waals surface area contributed by atoms with E-state index in [2.05, 4.69) is 33.4 Å². The number of aryl methyl sites for hydroxylation is 1. The van der Waals surface area contributed by atoms with E-state index in [0.717, 1.165) is 55.5 Å². The van der Waals surface area contributed by atoms with Crippen molar-refractivity contribution in [1.29, 1.82) is 0 Å². The Morgan fingerprint density at radius 1 is 1.18 bits per heavy atom. The molecule has 2 saturated heterocycles. The minimum atomic E-state index is -3.25. The highest BCUT2D eigenvalue weighted by Gasteiger charge is 2.37. The summed E-state index contributed by atoms with van der Waals surface area (Å²) in [6.07, 6.45) is 2.61. The van der Waals surface area contributed by atoms with E-state index in [1.807, 2.05) is 11.0 Å². The van der Waals surface area contributed by atoms with Crippen LogP contribution in [0.2, 0.25) is 0 Å². The summed E-state index contributed by atoms with van der Waals surface area (Å²) in [5.74, 6) is 1.44. The number of piperidine rings is 1. The molecular formula is C23H33N5O3S2. The number of hydrogen-bond donors (Lipinski definition) is 1. The number of anilines is 2. The Morgan fingerprint density at radius 2 is 1.91 bits per heavy atom. The maximum atomic E-state index is 13.1. The first-order chi connectivity index (χ1) is 15.7. The van der Waals surface area contributed by atoms with Crippen LogP contribution < -0.4 is 10.2 Å². The topological polar surface area (TPSA) is 95.5 Å². The molecule has 180 valence electrons. The van der Waals surface area contributed by atoms with Crippen molar-refractivity contribution in [2.24, 2.45) is 0 Å². The summed E-state index contributed by atoms with van der Waals surface area (Å²) in [6.45, 7) is 10.2. The second kappa shape index (κ2) is 9.58. The van der Waals surface area contributed by atoms with Crippen molar-refractivity contribution in [2.45, 2.75) is 69.9 Å². The number of benzene rings is 1. The predicted molar refractivity (Wildman–Crippen MR) is 132 cm³/mol. The van der Waals surface area contributed by atoms with Gasteiger partial charge in [0.2, 0.25) is 11.0 Å². The zero-order valence-electron chi connectivity index (χ0n) is 19.7. The molecule has 0 aliphatic carbocycles. The van der Waals surface area contributed by atoms with Crippen molar-refractivity contribution in [2.75, 3.05) is 35.6 Å². The lowest BCUT2D eigenvalue weighted by Gasteiger charge is -2.36. The Hall–Kier alpha value is -2.20. The van der Waals surface area contributed by atoms with Crippen LogP contribution >= 0.6 is 11.5 Å². The highest BCUT2D eigenvalue weighted by Crippen LogP contribution is 2.29. The summed E-state index contributed by atoms with van der Waals surface area (Å²) in [5.41, 5.74) is 1.49. The largest absolute Gasteiger partial charge is 0.374 e. The molecule has 0 bridgehead atoms. The lowest BCUT2D eigenvalue weighted by atomic mass is 10.0. The number of carbonyl (C=O) groups is 1. The molecule has 2 fully saturated rings. The fraction of sp³-hybridized carbons (Fsp3) is 0.609. The summed E-state index contributed by atoms with van der Waals surface area (Å²) in [7, 11) is -3.25. The molecule has 2 aliphatic rings. The Bertz CT molecular complexity index is 1110. The van der Waals surface area contributed by atoms with Gasteiger partial charge in [-0.05, 0) is 49.9 Å². The highest BCUT2D eigenvalue weighted by atomic mass is 32.2. The molecule has 0 radical (unpaired) electrons. The van der Waals surface area contributed by atoms with E-state index < -0.39 is 9.84 Å². The quantitative estimate of drug-likeness (QED) is 0.634. The molecule has 0 spiro atoms. The van der Waals surface area contributed by atoms with E-state index in [1.165, 1.54) is 11.5 Å². The fourth-order valence-corrected chi connectivity index (χ4v) is 6.60. The van der Waals surface area contributed by atoms with E-state index in [4.69, 9.17) is 0 Å². The van der Waals surface area contributed by atoms with Crippen molar-refractivity contribution in [3.05, 3.63) is 29.6 Å². The first-order valence-electron chi connectivity index (χ1n) is 11.7. The van der Waals surface area contributed by atoms with Gasteiger partial charge in [-0.15, -0.1) is 0 Å². The smallest absolute Gasteiger partial charge is 0.245 e. The summed E-state index contributed by atoms with van der Waals surface area (Å²) < 4.78 is 28.9. The van der Waals surface area contributed by atoms with Gasteiger partial charge in [0.05, 0.1) is 10.6 Å². The van der Waals surface area contributed by atoms with Gasteiger partial charge in [0.15, 0.2) is 9.84 Å². The van der Waals surface area contributed by atoms with Gasteiger partial charge in [0, 0.05) is 48.8 Å².